The summed E-state index contributed by atoms with van der Waals surface area (Å²) < 4.78 is 5.84. The number of benzene rings is 2. The van der Waals surface area contributed by atoms with Crippen LogP contribution in [0.15, 0.2) is 42.5 Å². The highest BCUT2D eigenvalue weighted by Gasteiger charge is 2.36. The van der Waals surface area contributed by atoms with Crippen molar-refractivity contribution in [3.8, 4) is 11.1 Å². The molecule has 5 rings (SSSR count). The number of fused-ring (bicyclic) bond motifs is 1. The van der Waals surface area contributed by atoms with E-state index in [1.54, 1.807) is 11.3 Å². The van der Waals surface area contributed by atoms with Gasteiger partial charge in [0.25, 0.3) is 0 Å². The van der Waals surface area contributed by atoms with Gasteiger partial charge in [0.2, 0.25) is 0 Å². The highest BCUT2D eigenvalue weighted by molar-refractivity contribution is 7.17. The van der Waals surface area contributed by atoms with Gasteiger partial charge in [0.1, 0.15) is 0 Å². The summed E-state index contributed by atoms with van der Waals surface area (Å²) in [5, 5.41) is 2.05. The number of hydrogen-bond acceptors (Lipinski definition) is 5. The van der Waals surface area contributed by atoms with Gasteiger partial charge < -0.3 is 9.64 Å². The first kappa shape index (κ1) is 22.9. The zero-order valence-electron chi connectivity index (χ0n) is 18.7. The Morgan fingerprint density at radius 1 is 1.12 bits per heavy atom. The smallest absolute Gasteiger partial charge is 0.186 e. The van der Waals surface area contributed by atoms with Gasteiger partial charge in [-0.05, 0) is 47.1 Å². The second-order valence-electron chi connectivity index (χ2n) is 9.67. The van der Waals surface area contributed by atoms with Crippen LogP contribution in [0.25, 0.3) is 11.1 Å². The van der Waals surface area contributed by atoms with Crippen LogP contribution in [0.2, 0.25) is 10.0 Å². The molecule has 0 spiro atoms. The highest BCUT2D eigenvalue weighted by atomic mass is 35.5. The summed E-state index contributed by atoms with van der Waals surface area (Å²) in [5.41, 5.74) is 4.30. The van der Waals surface area contributed by atoms with Gasteiger partial charge in [-0.1, -0.05) is 78.7 Å². The molecule has 0 bridgehead atoms. The fourth-order valence-corrected chi connectivity index (χ4v) is 6.15. The van der Waals surface area contributed by atoms with Crippen molar-refractivity contribution < 1.29 is 9.53 Å². The molecule has 33 heavy (non-hydrogen) atoms. The van der Waals surface area contributed by atoms with Crippen LogP contribution in [0.4, 0.5) is 5.13 Å². The van der Waals surface area contributed by atoms with Crippen LogP contribution in [0, 0.1) is 5.41 Å². The van der Waals surface area contributed by atoms with Gasteiger partial charge >= 0.3 is 0 Å². The van der Waals surface area contributed by atoms with E-state index in [1.807, 2.05) is 18.2 Å². The van der Waals surface area contributed by atoms with Crippen molar-refractivity contribution in [3.05, 3.63) is 68.6 Å². The van der Waals surface area contributed by atoms with E-state index in [2.05, 4.69) is 43.0 Å². The van der Waals surface area contributed by atoms with Gasteiger partial charge in [-0.15, -0.1) is 0 Å². The van der Waals surface area contributed by atoms with Gasteiger partial charge in [-0.2, -0.15) is 0 Å². The molecule has 1 saturated heterocycles. The number of carbonyl (C=O) groups is 1. The maximum absolute atomic E-state index is 12.7. The number of aromatic nitrogens is 1. The van der Waals surface area contributed by atoms with Crippen molar-refractivity contribution in [3.63, 3.8) is 0 Å². The maximum atomic E-state index is 12.7. The molecule has 1 fully saturated rings. The van der Waals surface area contributed by atoms with Gasteiger partial charge in [0, 0.05) is 13.0 Å². The SMILES string of the molecule is CC1(C)CC(=O)c2sc(N3CCOC[C@@H]3Cc3cccc(-c4ccc(Cl)c(Cl)c4)c3)nc2C1. The van der Waals surface area contributed by atoms with E-state index >= 15 is 0 Å². The number of Topliss-reactive ketones (excluding diaryl/α,β-unsaturated/α-hetero) is 1. The van der Waals surface area contributed by atoms with Crippen molar-refractivity contribution >= 4 is 45.5 Å². The van der Waals surface area contributed by atoms with E-state index < -0.39 is 0 Å². The van der Waals surface area contributed by atoms with Gasteiger partial charge in [0.15, 0.2) is 10.9 Å². The van der Waals surface area contributed by atoms with E-state index in [9.17, 15) is 4.79 Å². The Bertz CT molecular complexity index is 1210. The molecule has 0 N–H and O–H groups in total. The normalized spacial score (nSPS) is 20.1. The molecule has 0 unspecified atom stereocenters. The number of halogens is 2. The van der Waals surface area contributed by atoms with Crippen molar-refractivity contribution in [1.29, 1.82) is 0 Å². The second kappa shape index (κ2) is 9.03. The molecule has 2 aliphatic rings. The molecule has 2 heterocycles. The summed E-state index contributed by atoms with van der Waals surface area (Å²) in [5.74, 6) is 0.226. The number of thiazole rings is 1. The number of anilines is 1. The van der Waals surface area contributed by atoms with Crippen LogP contribution in [0.5, 0.6) is 0 Å². The Labute approximate surface area is 208 Å². The third-order valence-electron chi connectivity index (χ3n) is 6.35. The Balaban J connectivity index is 1.40. The second-order valence-corrected chi connectivity index (χ2v) is 11.5. The molecule has 0 radical (unpaired) electrons. The minimum Gasteiger partial charge on any atom is -0.377 e. The van der Waals surface area contributed by atoms with Gasteiger partial charge in [-0.25, -0.2) is 4.98 Å². The van der Waals surface area contributed by atoms with Crippen molar-refractivity contribution in [1.82, 2.24) is 4.98 Å². The Morgan fingerprint density at radius 3 is 2.76 bits per heavy atom. The van der Waals surface area contributed by atoms with E-state index in [1.165, 1.54) is 5.56 Å². The fraction of sp³-hybridized carbons (Fsp3) is 0.385. The highest BCUT2D eigenvalue weighted by Crippen LogP contribution is 2.40. The summed E-state index contributed by atoms with van der Waals surface area (Å²) in [6, 6.07) is 14.4. The number of ketones is 1. The molecule has 0 amide bonds. The first-order valence-electron chi connectivity index (χ1n) is 11.2. The molecule has 1 aliphatic carbocycles. The third kappa shape index (κ3) is 4.83. The third-order valence-corrected chi connectivity index (χ3v) is 8.26. The Morgan fingerprint density at radius 2 is 1.94 bits per heavy atom. The average molecular weight is 501 g/mol. The monoisotopic (exact) mass is 500 g/mol. The number of hydrogen-bond donors (Lipinski definition) is 0. The van der Waals surface area contributed by atoms with Crippen LogP contribution in [0.3, 0.4) is 0 Å². The van der Waals surface area contributed by atoms with E-state index in [-0.39, 0.29) is 17.2 Å². The zero-order valence-corrected chi connectivity index (χ0v) is 21.1. The fourth-order valence-electron chi connectivity index (χ4n) is 4.73. The van der Waals surface area contributed by atoms with E-state index in [4.69, 9.17) is 32.9 Å². The zero-order chi connectivity index (χ0) is 23.2. The number of carbonyl (C=O) groups excluding carboxylic acids is 1. The predicted octanol–water partition coefficient (Wildman–Crippen LogP) is 6.72. The summed E-state index contributed by atoms with van der Waals surface area (Å²) >= 11 is 13.9. The molecule has 2 aromatic carbocycles. The minimum atomic E-state index is -0.0230. The molecular formula is C26H26Cl2N2O2S. The molecule has 1 aliphatic heterocycles. The van der Waals surface area contributed by atoms with E-state index in [0.29, 0.717) is 29.7 Å². The molecule has 4 nitrogen and oxygen atoms in total. The maximum Gasteiger partial charge on any atom is 0.186 e. The minimum absolute atomic E-state index is 0.0230. The lowest BCUT2D eigenvalue weighted by molar-refractivity contribution is 0.0915. The van der Waals surface area contributed by atoms with E-state index in [0.717, 1.165) is 46.2 Å². The molecule has 1 atom stereocenters. The first-order chi connectivity index (χ1) is 15.8. The molecule has 0 saturated carbocycles. The quantitative estimate of drug-likeness (QED) is 0.398. The topological polar surface area (TPSA) is 42.4 Å². The molecule has 3 aromatic rings. The van der Waals surface area contributed by atoms with Crippen LogP contribution >= 0.6 is 34.5 Å². The Hall–Kier alpha value is -1.92. The average Bonchev–Trinajstić information content (AvgIpc) is 3.19. The largest absolute Gasteiger partial charge is 0.377 e. The lowest BCUT2D eigenvalue weighted by Gasteiger charge is -2.35. The summed E-state index contributed by atoms with van der Waals surface area (Å²) in [4.78, 5) is 20.8. The predicted molar refractivity (Wildman–Crippen MR) is 136 cm³/mol. The lowest BCUT2D eigenvalue weighted by atomic mass is 9.78. The summed E-state index contributed by atoms with van der Waals surface area (Å²) in [6.07, 6.45) is 2.28. The first-order valence-corrected chi connectivity index (χ1v) is 12.8. The lowest BCUT2D eigenvalue weighted by Crippen LogP contribution is -2.46. The number of morpholine rings is 1. The van der Waals surface area contributed by atoms with Crippen molar-refractivity contribution in [2.45, 2.75) is 39.2 Å². The molecule has 7 heteroatoms. The summed E-state index contributed by atoms with van der Waals surface area (Å²) in [6.45, 7) is 6.38. The van der Waals surface area contributed by atoms with Gasteiger partial charge in [0.05, 0.1) is 39.9 Å². The molecule has 172 valence electrons. The number of nitrogens with zero attached hydrogens (tertiary/aromatic N) is 2. The van der Waals surface area contributed by atoms with Crippen molar-refractivity contribution in [2.24, 2.45) is 5.41 Å². The van der Waals surface area contributed by atoms with Crippen LogP contribution < -0.4 is 4.90 Å². The van der Waals surface area contributed by atoms with Crippen LogP contribution in [-0.2, 0) is 17.6 Å². The molecular weight excluding hydrogens is 475 g/mol. The Kier molecular flexibility index (Phi) is 6.25. The number of ether oxygens (including phenoxy) is 1. The van der Waals surface area contributed by atoms with Crippen LogP contribution in [-0.4, -0.2) is 36.6 Å². The van der Waals surface area contributed by atoms with Gasteiger partial charge in [-0.3, -0.25) is 4.79 Å². The number of rotatable bonds is 4. The standard InChI is InChI=1S/C26H26Cl2N2O2S/c1-26(2)13-22-24(23(31)14-26)33-25(29-22)30-8-9-32-15-19(30)11-16-4-3-5-17(10-16)18-6-7-20(27)21(28)12-18/h3-7,10,12,19H,8-9,11,13-15H2,1-2H3/t19-/m0/s1. The van der Waals surface area contributed by atoms with Crippen LogP contribution in [0.1, 0.15) is 41.2 Å². The van der Waals surface area contributed by atoms with Crippen molar-refractivity contribution in [2.75, 3.05) is 24.7 Å². The summed E-state index contributed by atoms with van der Waals surface area (Å²) in [7, 11) is 0. The molecule has 1 aromatic heterocycles.